The van der Waals surface area contributed by atoms with Crippen LogP contribution in [0.15, 0.2) is 36.8 Å². The zero-order valence-electron chi connectivity index (χ0n) is 8.14. The summed E-state index contributed by atoms with van der Waals surface area (Å²) < 4.78 is 25.6. The van der Waals surface area contributed by atoms with Gasteiger partial charge in [-0.05, 0) is 17.7 Å². The Kier molecular flexibility index (Phi) is 2.87. The Morgan fingerprint density at radius 3 is 2.56 bits per heavy atom. The highest BCUT2D eigenvalue weighted by Gasteiger charge is 2.13. The Morgan fingerprint density at radius 2 is 1.94 bits per heavy atom. The first-order valence-corrected chi connectivity index (χ1v) is 4.57. The lowest BCUT2D eigenvalue weighted by atomic mass is 10.1. The number of benzene rings is 1. The van der Waals surface area contributed by atoms with Gasteiger partial charge in [0.15, 0.2) is 11.6 Å². The van der Waals surface area contributed by atoms with Crippen LogP contribution in [0.4, 0.5) is 8.78 Å². The molecule has 82 valence electrons. The van der Waals surface area contributed by atoms with Gasteiger partial charge in [0, 0.05) is 12.4 Å². The van der Waals surface area contributed by atoms with Gasteiger partial charge in [-0.1, -0.05) is 6.07 Å². The predicted molar refractivity (Wildman–Crippen MR) is 52.5 cm³/mol. The molecule has 0 aliphatic heterocycles. The number of aliphatic hydroxyl groups is 1. The molecule has 16 heavy (non-hydrogen) atoms. The molecule has 0 spiro atoms. The van der Waals surface area contributed by atoms with Crippen molar-refractivity contribution in [2.75, 3.05) is 0 Å². The normalized spacial score (nSPS) is 12.4. The Balaban J connectivity index is 2.34. The first kappa shape index (κ1) is 10.6. The minimum absolute atomic E-state index is 0.236. The molecule has 2 rings (SSSR count). The van der Waals surface area contributed by atoms with Crippen LogP contribution in [-0.2, 0) is 0 Å². The smallest absolute Gasteiger partial charge is 0.159 e. The minimum Gasteiger partial charge on any atom is -0.382 e. The summed E-state index contributed by atoms with van der Waals surface area (Å²) in [5.74, 6) is -1.95. The summed E-state index contributed by atoms with van der Waals surface area (Å²) in [6.07, 6.45) is 3.13. The largest absolute Gasteiger partial charge is 0.382 e. The molecular formula is C11H8F2N2O. The van der Waals surface area contributed by atoms with Gasteiger partial charge < -0.3 is 5.11 Å². The second-order valence-corrected chi connectivity index (χ2v) is 3.21. The van der Waals surface area contributed by atoms with Crippen LogP contribution in [0.25, 0.3) is 0 Å². The summed E-state index contributed by atoms with van der Waals surface area (Å²) in [7, 11) is 0. The van der Waals surface area contributed by atoms with Crippen molar-refractivity contribution >= 4 is 0 Å². The molecule has 2 aromatic rings. The SMILES string of the molecule is OC(c1ccc(F)c(F)c1)c1cnccn1. The second kappa shape index (κ2) is 4.32. The lowest BCUT2D eigenvalue weighted by molar-refractivity contribution is 0.214. The Morgan fingerprint density at radius 1 is 1.12 bits per heavy atom. The Labute approximate surface area is 90.4 Å². The maximum absolute atomic E-state index is 12.9. The highest BCUT2D eigenvalue weighted by molar-refractivity contribution is 5.25. The van der Waals surface area contributed by atoms with Gasteiger partial charge in [-0.2, -0.15) is 0 Å². The van der Waals surface area contributed by atoms with Gasteiger partial charge in [-0.3, -0.25) is 9.97 Å². The third kappa shape index (κ3) is 2.04. The number of halogens is 2. The molecule has 0 saturated heterocycles. The van der Waals surface area contributed by atoms with E-state index in [2.05, 4.69) is 9.97 Å². The van der Waals surface area contributed by atoms with E-state index in [1.807, 2.05) is 0 Å². The van der Waals surface area contributed by atoms with E-state index in [1.165, 1.54) is 24.7 Å². The molecule has 1 aromatic heterocycles. The number of aromatic nitrogens is 2. The maximum atomic E-state index is 12.9. The molecule has 1 N–H and O–H groups in total. The quantitative estimate of drug-likeness (QED) is 0.843. The molecule has 0 saturated carbocycles. The summed E-state index contributed by atoms with van der Waals surface area (Å²) in [5, 5.41) is 9.82. The molecule has 0 aliphatic carbocycles. The number of hydrogen-bond donors (Lipinski definition) is 1. The average molecular weight is 222 g/mol. The third-order valence-electron chi connectivity index (χ3n) is 2.12. The Bertz CT molecular complexity index is 491. The summed E-state index contributed by atoms with van der Waals surface area (Å²) in [6, 6.07) is 3.21. The van der Waals surface area contributed by atoms with Crippen LogP contribution >= 0.6 is 0 Å². The van der Waals surface area contributed by atoms with E-state index in [9.17, 15) is 13.9 Å². The summed E-state index contributed by atoms with van der Waals surface area (Å²) >= 11 is 0. The molecule has 0 radical (unpaired) electrons. The van der Waals surface area contributed by atoms with Gasteiger partial charge in [-0.15, -0.1) is 0 Å². The predicted octanol–water partition coefficient (Wildman–Crippen LogP) is 1.84. The minimum atomic E-state index is -1.11. The van der Waals surface area contributed by atoms with Gasteiger partial charge in [-0.25, -0.2) is 8.78 Å². The summed E-state index contributed by atoms with van der Waals surface area (Å²) in [4.78, 5) is 7.66. The van der Waals surface area contributed by atoms with Crippen LogP contribution in [0, 0.1) is 11.6 Å². The fraction of sp³-hybridized carbons (Fsp3) is 0.0909. The van der Waals surface area contributed by atoms with E-state index in [0.717, 1.165) is 12.1 Å². The summed E-state index contributed by atoms with van der Waals surface area (Å²) in [5.41, 5.74) is 0.521. The van der Waals surface area contributed by atoms with Crippen LogP contribution in [0.3, 0.4) is 0 Å². The van der Waals surface area contributed by atoms with Crippen LogP contribution in [0.1, 0.15) is 17.4 Å². The third-order valence-corrected chi connectivity index (χ3v) is 2.12. The molecule has 0 bridgehead atoms. The van der Waals surface area contributed by atoms with Gasteiger partial charge >= 0.3 is 0 Å². The van der Waals surface area contributed by atoms with Gasteiger partial charge in [0.1, 0.15) is 6.10 Å². The Hall–Kier alpha value is -1.88. The van der Waals surface area contributed by atoms with E-state index >= 15 is 0 Å². The number of rotatable bonds is 2. The molecule has 1 atom stereocenters. The number of hydrogen-bond acceptors (Lipinski definition) is 3. The standard InChI is InChI=1S/C11H8F2N2O/c12-8-2-1-7(5-9(8)13)11(16)10-6-14-3-4-15-10/h1-6,11,16H. The van der Waals surface area contributed by atoms with Crippen molar-refractivity contribution < 1.29 is 13.9 Å². The lowest BCUT2D eigenvalue weighted by Gasteiger charge is -2.09. The average Bonchev–Trinajstić information content (AvgIpc) is 2.33. The molecule has 1 unspecified atom stereocenters. The molecule has 1 aromatic carbocycles. The number of nitrogens with zero attached hydrogens (tertiary/aromatic N) is 2. The zero-order chi connectivity index (χ0) is 11.5. The van der Waals surface area contributed by atoms with E-state index in [-0.39, 0.29) is 11.3 Å². The van der Waals surface area contributed by atoms with Crippen molar-refractivity contribution in [3.05, 3.63) is 59.7 Å². The van der Waals surface area contributed by atoms with E-state index in [0.29, 0.717) is 0 Å². The fourth-order valence-corrected chi connectivity index (χ4v) is 1.31. The van der Waals surface area contributed by atoms with E-state index < -0.39 is 17.7 Å². The van der Waals surface area contributed by atoms with Crippen LogP contribution < -0.4 is 0 Å². The lowest BCUT2D eigenvalue weighted by Crippen LogP contribution is -2.03. The topological polar surface area (TPSA) is 46.0 Å². The van der Waals surface area contributed by atoms with Crippen LogP contribution in [0.5, 0.6) is 0 Å². The van der Waals surface area contributed by atoms with Crippen molar-refractivity contribution in [3.63, 3.8) is 0 Å². The van der Waals surface area contributed by atoms with Gasteiger partial charge in [0.05, 0.1) is 11.9 Å². The monoisotopic (exact) mass is 222 g/mol. The van der Waals surface area contributed by atoms with Crippen molar-refractivity contribution in [3.8, 4) is 0 Å². The van der Waals surface area contributed by atoms with Gasteiger partial charge in [0.25, 0.3) is 0 Å². The highest BCUT2D eigenvalue weighted by atomic mass is 19.2. The molecule has 1 heterocycles. The molecule has 0 fully saturated rings. The molecule has 0 aliphatic rings. The van der Waals surface area contributed by atoms with Crippen LogP contribution in [-0.4, -0.2) is 15.1 Å². The molecular weight excluding hydrogens is 214 g/mol. The van der Waals surface area contributed by atoms with Crippen molar-refractivity contribution in [1.29, 1.82) is 0 Å². The molecule has 0 amide bonds. The van der Waals surface area contributed by atoms with E-state index in [1.54, 1.807) is 0 Å². The molecule has 5 heteroatoms. The van der Waals surface area contributed by atoms with Crippen LogP contribution in [0.2, 0.25) is 0 Å². The first-order chi connectivity index (χ1) is 7.68. The van der Waals surface area contributed by atoms with Crippen molar-refractivity contribution in [2.24, 2.45) is 0 Å². The van der Waals surface area contributed by atoms with Gasteiger partial charge in [0.2, 0.25) is 0 Å². The van der Waals surface area contributed by atoms with E-state index in [4.69, 9.17) is 0 Å². The summed E-state index contributed by atoms with van der Waals surface area (Å²) in [6.45, 7) is 0. The van der Waals surface area contributed by atoms with Crippen molar-refractivity contribution in [2.45, 2.75) is 6.10 Å². The highest BCUT2D eigenvalue weighted by Crippen LogP contribution is 2.20. The van der Waals surface area contributed by atoms with Crippen molar-refractivity contribution in [1.82, 2.24) is 9.97 Å². The number of aliphatic hydroxyl groups excluding tert-OH is 1. The fourth-order valence-electron chi connectivity index (χ4n) is 1.31. The maximum Gasteiger partial charge on any atom is 0.159 e. The first-order valence-electron chi connectivity index (χ1n) is 4.57. The second-order valence-electron chi connectivity index (χ2n) is 3.21. The molecule has 3 nitrogen and oxygen atoms in total. The zero-order valence-corrected chi connectivity index (χ0v) is 8.14.